The summed E-state index contributed by atoms with van der Waals surface area (Å²) in [6.45, 7) is 1.88. The minimum Gasteiger partial charge on any atom is -0.339 e. The van der Waals surface area contributed by atoms with Gasteiger partial charge in [0.1, 0.15) is 5.82 Å². The fourth-order valence-electron chi connectivity index (χ4n) is 2.12. The van der Waals surface area contributed by atoms with E-state index in [4.69, 9.17) is 4.52 Å². The highest BCUT2D eigenvalue weighted by molar-refractivity contribution is 5.52. The van der Waals surface area contributed by atoms with Crippen LogP contribution in [-0.2, 0) is 0 Å². The number of halogens is 1. The van der Waals surface area contributed by atoms with Crippen LogP contribution in [-0.4, -0.2) is 28.2 Å². The maximum Gasteiger partial charge on any atom is 0.231 e. The van der Waals surface area contributed by atoms with Crippen molar-refractivity contribution < 1.29 is 8.91 Å². The first kappa shape index (κ1) is 11.3. The number of rotatable bonds is 2. The molecule has 0 bridgehead atoms. The van der Waals surface area contributed by atoms with Gasteiger partial charge in [0, 0.05) is 18.3 Å². The van der Waals surface area contributed by atoms with Gasteiger partial charge in [-0.3, -0.25) is 4.98 Å². The summed E-state index contributed by atoms with van der Waals surface area (Å²) in [7, 11) is 0. The smallest absolute Gasteiger partial charge is 0.231 e. The van der Waals surface area contributed by atoms with E-state index in [1.165, 1.54) is 12.3 Å². The fourth-order valence-corrected chi connectivity index (χ4v) is 2.12. The van der Waals surface area contributed by atoms with Crippen molar-refractivity contribution in [2.75, 3.05) is 13.1 Å². The highest BCUT2D eigenvalue weighted by Crippen LogP contribution is 2.24. The van der Waals surface area contributed by atoms with Crippen LogP contribution in [0.25, 0.3) is 11.4 Å². The van der Waals surface area contributed by atoms with E-state index in [9.17, 15) is 4.39 Å². The Morgan fingerprint density at radius 3 is 3.11 bits per heavy atom. The average molecular weight is 248 g/mol. The number of aromatic nitrogens is 3. The third-order valence-electron chi connectivity index (χ3n) is 3.05. The van der Waals surface area contributed by atoms with Crippen LogP contribution in [0, 0.1) is 5.82 Å². The van der Waals surface area contributed by atoms with Gasteiger partial charge in [-0.05, 0) is 25.5 Å². The van der Waals surface area contributed by atoms with Crippen molar-refractivity contribution in [3.63, 3.8) is 0 Å². The predicted molar refractivity (Wildman–Crippen MR) is 62.3 cm³/mol. The Morgan fingerprint density at radius 1 is 1.39 bits per heavy atom. The molecule has 1 unspecified atom stereocenters. The van der Waals surface area contributed by atoms with Gasteiger partial charge in [-0.25, -0.2) is 4.39 Å². The van der Waals surface area contributed by atoms with Crippen LogP contribution >= 0.6 is 0 Å². The van der Waals surface area contributed by atoms with E-state index in [-0.39, 0.29) is 5.92 Å². The second-order valence-corrected chi connectivity index (χ2v) is 4.39. The average Bonchev–Trinajstić information content (AvgIpc) is 2.89. The molecule has 3 heterocycles. The van der Waals surface area contributed by atoms with Gasteiger partial charge in [-0.2, -0.15) is 4.98 Å². The molecule has 5 nitrogen and oxygen atoms in total. The number of hydrogen-bond donors (Lipinski definition) is 1. The topological polar surface area (TPSA) is 63.8 Å². The molecule has 0 amide bonds. The maximum atomic E-state index is 13.1. The van der Waals surface area contributed by atoms with Gasteiger partial charge >= 0.3 is 0 Å². The first-order valence-electron chi connectivity index (χ1n) is 5.98. The van der Waals surface area contributed by atoms with Crippen LogP contribution in [0.3, 0.4) is 0 Å². The zero-order chi connectivity index (χ0) is 12.4. The maximum absolute atomic E-state index is 13.1. The van der Waals surface area contributed by atoms with E-state index < -0.39 is 5.82 Å². The van der Waals surface area contributed by atoms with Gasteiger partial charge in [-0.1, -0.05) is 5.16 Å². The van der Waals surface area contributed by atoms with Gasteiger partial charge in [0.05, 0.1) is 12.1 Å². The van der Waals surface area contributed by atoms with Crippen molar-refractivity contribution in [1.29, 1.82) is 0 Å². The molecule has 0 radical (unpaired) electrons. The molecule has 3 rings (SSSR count). The normalized spacial score (nSPS) is 19.9. The number of hydrogen-bond acceptors (Lipinski definition) is 5. The quantitative estimate of drug-likeness (QED) is 0.877. The molecule has 6 heteroatoms. The molecule has 0 aromatic carbocycles. The molecule has 1 saturated heterocycles. The molecule has 1 atom stereocenters. The van der Waals surface area contributed by atoms with Crippen molar-refractivity contribution >= 4 is 0 Å². The van der Waals surface area contributed by atoms with Crippen LogP contribution < -0.4 is 5.32 Å². The molecule has 0 spiro atoms. The standard InChI is InChI=1S/C12H13FN4O/c13-10-4-9(6-15-7-10)11-16-12(18-17-11)8-2-1-3-14-5-8/h4,6-8,14H,1-3,5H2. The summed E-state index contributed by atoms with van der Waals surface area (Å²) in [4.78, 5) is 8.09. The summed E-state index contributed by atoms with van der Waals surface area (Å²) < 4.78 is 18.3. The predicted octanol–water partition coefficient (Wildman–Crippen LogP) is 1.74. The van der Waals surface area contributed by atoms with E-state index in [0.29, 0.717) is 17.3 Å². The summed E-state index contributed by atoms with van der Waals surface area (Å²) in [5.41, 5.74) is 0.536. The van der Waals surface area contributed by atoms with Crippen LogP contribution in [0.2, 0.25) is 0 Å². The van der Waals surface area contributed by atoms with E-state index in [2.05, 4.69) is 20.4 Å². The Balaban J connectivity index is 1.84. The Morgan fingerprint density at radius 2 is 2.33 bits per heavy atom. The highest BCUT2D eigenvalue weighted by atomic mass is 19.1. The Labute approximate surface area is 103 Å². The second-order valence-electron chi connectivity index (χ2n) is 4.39. The van der Waals surface area contributed by atoms with Crippen molar-refractivity contribution in [3.05, 3.63) is 30.2 Å². The molecule has 1 fully saturated rings. The zero-order valence-electron chi connectivity index (χ0n) is 9.77. The molecule has 1 aliphatic heterocycles. The molecule has 94 valence electrons. The zero-order valence-corrected chi connectivity index (χ0v) is 9.77. The van der Waals surface area contributed by atoms with Crippen molar-refractivity contribution in [3.8, 4) is 11.4 Å². The lowest BCUT2D eigenvalue weighted by atomic mass is 10.00. The minimum absolute atomic E-state index is 0.251. The van der Waals surface area contributed by atoms with E-state index in [1.807, 2.05) is 0 Å². The fraction of sp³-hybridized carbons (Fsp3) is 0.417. The molecule has 2 aromatic rings. The first-order valence-corrected chi connectivity index (χ1v) is 5.98. The molecule has 2 aromatic heterocycles. The summed E-state index contributed by atoms with van der Waals surface area (Å²) in [5, 5.41) is 7.17. The lowest BCUT2D eigenvalue weighted by molar-refractivity contribution is 0.322. The lowest BCUT2D eigenvalue weighted by Gasteiger charge is -2.18. The number of nitrogens with one attached hydrogen (secondary N) is 1. The Bertz CT molecular complexity index is 536. The van der Waals surface area contributed by atoms with Crippen molar-refractivity contribution in [2.45, 2.75) is 18.8 Å². The van der Waals surface area contributed by atoms with E-state index in [1.54, 1.807) is 0 Å². The third kappa shape index (κ3) is 2.24. The number of piperidine rings is 1. The summed E-state index contributed by atoms with van der Waals surface area (Å²) in [6.07, 6.45) is 4.81. The van der Waals surface area contributed by atoms with Crippen LogP contribution in [0.15, 0.2) is 23.0 Å². The SMILES string of the molecule is Fc1cncc(-c2noc(C3CCCNC3)n2)c1. The second kappa shape index (κ2) is 4.81. The monoisotopic (exact) mass is 248 g/mol. The summed E-state index contributed by atoms with van der Waals surface area (Å²) >= 11 is 0. The van der Waals surface area contributed by atoms with E-state index >= 15 is 0 Å². The van der Waals surface area contributed by atoms with E-state index in [0.717, 1.165) is 32.1 Å². The summed E-state index contributed by atoms with van der Waals surface area (Å²) in [5.74, 6) is 0.851. The van der Waals surface area contributed by atoms with Gasteiger partial charge in [0.2, 0.25) is 11.7 Å². The molecule has 1 N–H and O–H groups in total. The van der Waals surface area contributed by atoms with Crippen molar-refractivity contribution in [2.24, 2.45) is 0 Å². The molecule has 0 aliphatic carbocycles. The molecule has 0 saturated carbocycles. The third-order valence-corrected chi connectivity index (χ3v) is 3.05. The molecule has 18 heavy (non-hydrogen) atoms. The Kier molecular flexibility index (Phi) is 3.02. The molecular weight excluding hydrogens is 235 g/mol. The molecule has 1 aliphatic rings. The molecular formula is C12H13FN4O. The number of nitrogens with zero attached hydrogens (tertiary/aromatic N) is 3. The van der Waals surface area contributed by atoms with Crippen LogP contribution in [0.4, 0.5) is 4.39 Å². The first-order chi connectivity index (χ1) is 8.83. The van der Waals surface area contributed by atoms with Gasteiger partial charge in [0.25, 0.3) is 0 Å². The largest absolute Gasteiger partial charge is 0.339 e. The highest BCUT2D eigenvalue weighted by Gasteiger charge is 2.21. The van der Waals surface area contributed by atoms with Crippen molar-refractivity contribution in [1.82, 2.24) is 20.4 Å². The Hall–Kier alpha value is -1.82. The van der Waals surface area contributed by atoms with Gasteiger partial charge < -0.3 is 9.84 Å². The van der Waals surface area contributed by atoms with Crippen LogP contribution in [0.5, 0.6) is 0 Å². The van der Waals surface area contributed by atoms with Crippen LogP contribution in [0.1, 0.15) is 24.7 Å². The minimum atomic E-state index is -0.404. The summed E-state index contributed by atoms with van der Waals surface area (Å²) in [6, 6.07) is 1.35. The lowest BCUT2D eigenvalue weighted by Crippen LogP contribution is -2.28. The van der Waals surface area contributed by atoms with Gasteiger partial charge in [-0.15, -0.1) is 0 Å². The van der Waals surface area contributed by atoms with Gasteiger partial charge in [0.15, 0.2) is 0 Å². The number of pyridine rings is 1.